The van der Waals surface area contributed by atoms with Gasteiger partial charge in [-0.05, 0) is 53.4 Å². The Morgan fingerprint density at radius 3 is 2.33 bits per heavy atom. The second kappa shape index (κ2) is 7.35. The lowest BCUT2D eigenvalue weighted by molar-refractivity contribution is -0.120. The van der Waals surface area contributed by atoms with Gasteiger partial charge in [-0.1, -0.05) is 42.5 Å². The van der Waals surface area contributed by atoms with Gasteiger partial charge < -0.3 is 9.64 Å². The summed E-state index contributed by atoms with van der Waals surface area (Å²) in [5.41, 5.74) is 4.90. The number of nitrogens with zero attached hydrogens (tertiary/aromatic N) is 2. The molecule has 0 bridgehead atoms. The fraction of sp³-hybridized carbons (Fsp3) is 0.130. The Bertz CT molecular complexity index is 1000. The number of amides is 1. The minimum absolute atomic E-state index is 0.0184. The predicted octanol–water partition coefficient (Wildman–Crippen LogP) is 4.19. The first kappa shape index (κ1) is 16.9. The van der Waals surface area contributed by atoms with Crippen LogP contribution in [0.4, 0.5) is 5.69 Å². The van der Waals surface area contributed by atoms with Crippen molar-refractivity contribution in [2.75, 3.05) is 18.1 Å². The molecule has 4 heteroatoms. The fourth-order valence-electron chi connectivity index (χ4n) is 3.30. The van der Waals surface area contributed by atoms with Crippen LogP contribution >= 0.6 is 0 Å². The quantitative estimate of drug-likeness (QED) is 0.706. The van der Waals surface area contributed by atoms with Gasteiger partial charge in [-0.15, -0.1) is 0 Å². The molecule has 0 aliphatic carbocycles. The number of ether oxygens (including phenoxy) is 1. The van der Waals surface area contributed by atoms with Crippen molar-refractivity contribution in [3.8, 4) is 22.9 Å². The van der Waals surface area contributed by atoms with E-state index in [2.05, 4.69) is 12.1 Å². The Morgan fingerprint density at radius 2 is 1.63 bits per heavy atom. The minimum Gasteiger partial charge on any atom is -0.484 e. The third kappa shape index (κ3) is 3.54. The molecule has 1 aliphatic heterocycles. The van der Waals surface area contributed by atoms with Crippen molar-refractivity contribution in [1.29, 1.82) is 5.26 Å². The summed E-state index contributed by atoms with van der Waals surface area (Å²) >= 11 is 0. The molecule has 0 unspecified atom stereocenters. The maximum absolute atomic E-state index is 12.5. The topological polar surface area (TPSA) is 53.3 Å². The van der Waals surface area contributed by atoms with E-state index in [-0.39, 0.29) is 12.5 Å². The van der Waals surface area contributed by atoms with Crippen LogP contribution < -0.4 is 9.64 Å². The lowest BCUT2D eigenvalue weighted by atomic mass is 10.0. The van der Waals surface area contributed by atoms with Crippen molar-refractivity contribution < 1.29 is 9.53 Å². The summed E-state index contributed by atoms with van der Waals surface area (Å²) < 4.78 is 5.69. The van der Waals surface area contributed by atoms with E-state index in [9.17, 15) is 4.79 Å². The van der Waals surface area contributed by atoms with Gasteiger partial charge >= 0.3 is 0 Å². The van der Waals surface area contributed by atoms with Gasteiger partial charge in [0.15, 0.2) is 6.61 Å². The van der Waals surface area contributed by atoms with Crippen molar-refractivity contribution in [2.24, 2.45) is 0 Å². The summed E-state index contributed by atoms with van der Waals surface area (Å²) in [6.07, 6.45) is 0.890. The average Bonchev–Trinajstić information content (AvgIpc) is 3.17. The summed E-state index contributed by atoms with van der Waals surface area (Å²) in [5, 5.41) is 8.87. The first-order valence-corrected chi connectivity index (χ1v) is 8.86. The number of para-hydroxylation sites is 1. The maximum atomic E-state index is 12.5. The van der Waals surface area contributed by atoms with Crippen molar-refractivity contribution in [3.63, 3.8) is 0 Å². The second-order valence-electron chi connectivity index (χ2n) is 6.43. The van der Waals surface area contributed by atoms with Crippen LogP contribution in [-0.4, -0.2) is 19.1 Å². The molecule has 0 spiro atoms. The maximum Gasteiger partial charge on any atom is 0.264 e. The van der Waals surface area contributed by atoms with Crippen LogP contribution in [-0.2, 0) is 11.2 Å². The van der Waals surface area contributed by atoms with Crippen LogP contribution in [0.1, 0.15) is 11.1 Å². The van der Waals surface area contributed by atoms with Crippen molar-refractivity contribution in [2.45, 2.75) is 6.42 Å². The number of hydrogen-bond donors (Lipinski definition) is 0. The number of hydrogen-bond acceptors (Lipinski definition) is 3. The predicted molar refractivity (Wildman–Crippen MR) is 105 cm³/mol. The van der Waals surface area contributed by atoms with Crippen molar-refractivity contribution in [3.05, 3.63) is 83.9 Å². The van der Waals surface area contributed by atoms with Crippen LogP contribution in [0.2, 0.25) is 0 Å². The van der Waals surface area contributed by atoms with Gasteiger partial charge in [-0.2, -0.15) is 5.26 Å². The highest BCUT2D eigenvalue weighted by Crippen LogP contribution is 2.28. The molecule has 0 fully saturated rings. The normalized spacial score (nSPS) is 12.3. The highest BCUT2D eigenvalue weighted by molar-refractivity contribution is 5.96. The molecule has 0 aromatic heterocycles. The molecule has 0 saturated carbocycles. The molecule has 3 aromatic rings. The molecule has 0 radical (unpaired) electrons. The van der Waals surface area contributed by atoms with Crippen LogP contribution in [0.3, 0.4) is 0 Å². The minimum atomic E-state index is -0.0314. The van der Waals surface area contributed by atoms with Gasteiger partial charge in [-0.3, -0.25) is 4.79 Å². The standard InChI is InChI=1S/C23H18N2O2/c24-15-17-5-7-18(8-6-17)19-9-11-21(12-10-19)27-16-23(26)25-14-13-20-3-1-2-4-22(20)25/h1-12H,13-14,16H2. The molecule has 4 nitrogen and oxygen atoms in total. The number of fused-ring (bicyclic) bond motifs is 1. The molecule has 4 rings (SSSR count). The van der Waals surface area contributed by atoms with Crippen molar-refractivity contribution in [1.82, 2.24) is 0 Å². The molecule has 1 aliphatic rings. The van der Waals surface area contributed by atoms with Crippen molar-refractivity contribution >= 4 is 11.6 Å². The zero-order valence-corrected chi connectivity index (χ0v) is 14.8. The summed E-state index contributed by atoms with van der Waals surface area (Å²) in [4.78, 5) is 14.3. The van der Waals surface area contributed by atoms with Gasteiger partial charge in [0.2, 0.25) is 0 Å². The number of carbonyl (C=O) groups is 1. The Hall–Kier alpha value is -3.58. The molecule has 0 N–H and O–H groups in total. The molecule has 27 heavy (non-hydrogen) atoms. The molecule has 1 amide bonds. The van der Waals surface area contributed by atoms with Gasteiger partial charge in [0.25, 0.3) is 5.91 Å². The van der Waals surface area contributed by atoms with Gasteiger partial charge in [0.1, 0.15) is 5.75 Å². The van der Waals surface area contributed by atoms with Crippen LogP contribution in [0, 0.1) is 11.3 Å². The molecule has 0 saturated heterocycles. The summed E-state index contributed by atoms with van der Waals surface area (Å²) in [7, 11) is 0. The molecule has 0 atom stereocenters. The third-order valence-corrected chi connectivity index (χ3v) is 4.75. The highest BCUT2D eigenvalue weighted by Gasteiger charge is 2.24. The lowest BCUT2D eigenvalue weighted by Crippen LogP contribution is -2.33. The zero-order chi connectivity index (χ0) is 18.6. The molecular weight excluding hydrogens is 336 g/mol. The fourth-order valence-corrected chi connectivity index (χ4v) is 3.30. The number of rotatable bonds is 4. The molecule has 1 heterocycles. The summed E-state index contributed by atoms with van der Waals surface area (Å²) in [6.45, 7) is 0.726. The number of benzene rings is 3. The van der Waals surface area contributed by atoms with E-state index in [1.165, 1.54) is 5.56 Å². The third-order valence-electron chi connectivity index (χ3n) is 4.75. The van der Waals surface area contributed by atoms with Gasteiger partial charge in [-0.25, -0.2) is 0 Å². The van der Waals surface area contributed by atoms with E-state index in [0.29, 0.717) is 17.9 Å². The monoisotopic (exact) mass is 354 g/mol. The second-order valence-corrected chi connectivity index (χ2v) is 6.43. The van der Waals surface area contributed by atoms with E-state index in [0.717, 1.165) is 23.2 Å². The molecular formula is C23H18N2O2. The molecule has 3 aromatic carbocycles. The average molecular weight is 354 g/mol. The van der Waals surface area contributed by atoms with E-state index in [1.807, 2.05) is 54.6 Å². The number of carbonyl (C=O) groups excluding carboxylic acids is 1. The SMILES string of the molecule is N#Cc1ccc(-c2ccc(OCC(=O)N3CCc4ccccc43)cc2)cc1. The van der Waals surface area contributed by atoms with E-state index < -0.39 is 0 Å². The lowest BCUT2D eigenvalue weighted by Gasteiger charge is -2.17. The van der Waals surface area contributed by atoms with E-state index >= 15 is 0 Å². The summed E-state index contributed by atoms with van der Waals surface area (Å²) in [5.74, 6) is 0.629. The Morgan fingerprint density at radius 1 is 0.963 bits per heavy atom. The van der Waals surface area contributed by atoms with Crippen LogP contribution in [0.15, 0.2) is 72.8 Å². The summed E-state index contributed by atoms with van der Waals surface area (Å²) in [6, 6.07) is 25.2. The Kier molecular flexibility index (Phi) is 4.59. The first-order valence-electron chi connectivity index (χ1n) is 8.86. The number of nitriles is 1. The Labute approximate surface area is 158 Å². The first-order chi connectivity index (χ1) is 13.2. The Balaban J connectivity index is 1.39. The largest absolute Gasteiger partial charge is 0.484 e. The van der Waals surface area contributed by atoms with Crippen LogP contribution in [0.25, 0.3) is 11.1 Å². The van der Waals surface area contributed by atoms with Crippen LogP contribution in [0.5, 0.6) is 5.75 Å². The van der Waals surface area contributed by atoms with E-state index in [1.54, 1.807) is 17.0 Å². The zero-order valence-electron chi connectivity index (χ0n) is 14.8. The van der Waals surface area contributed by atoms with Gasteiger partial charge in [0.05, 0.1) is 11.6 Å². The smallest absolute Gasteiger partial charge is 0.264 e. The van der Waals surface area contributed by atoms with Gasteiger partial charge in [0, 0.05) is 12.2 Å². The number of anilines is 1. The highest BCUT2D eigenvalue weighted by atomic mass is 16.5. The molecule has 132 valence electrons. The van der Waals surface area contributed by atoms with E-state index in [4.69, 9.17) is 10.00 Å².